The fraction of sp³-hybridized carbons (Fsp3) is 0.296. The van der Waals surface area contributed by atoms with Gasteiger partial charge in [-0.1, -0.05) is 54.8 Å². The van der Waals surface area contributed by atoms with Gasteiger partial charge in [-0.15, -0.1) is 0 Å². The third kappa shape index (κ3) is 4.46. The van der Waals surface area contributed by atoms with Crippen molar-refractivity contribution >= 4 is 45.4 Å². The van der Waals surface area contributed by atoms with E-state index in [1.807, 2.05) is 12.1 Å². The second-order valence-corrected chi connectivity index (χ2v) is 10.5. The number of benzene rings is 2. The van der Waals surface area contributed by atoms with Gasteiger partial charge in [0.15, 0.2) is 5.65 Å². The number of ether oxygens (including phenoxy) is 1. The Labute approximate surface area is 222 Å². The lowest BCUT2D eigenvalue weighted by atomic mass is 9.84. The summed E-state index contributed by atoms with van der Waals surface area (Å²) >= 11 is 7.97. The molecule has 1 saturated carbocycles. The Hall–Kier alpha value is -3.43. The van der Waals surface area contributed by atoms with Gasteiger partial charge in [-0.05, 0) is 48.6 Å². The lowest BCUT2D eigenvalue weighted by molar-refractivity contribution is 0.410. The van der Waals surface area contributed by atoms with Crippen LogP contribution >= 0.6 is 23.4 Å². The van der Waals surface area contributed by atoms with Crippen LogP contribution < -0.4 is 10.3 Å². The highest BCUT2D eigenvalue weighted by molar-refractivity contribution is 7.98. The van der Waals surface area contributed by atoms with Crippen LogP contribution in [0.25, 0.3) is 27.8 Å². The van der Waals surface area contributed by atoms with E-state index in [0.717, 1.165) is 23.4 Å². The first-order valence-electron chi connectivity index (χ1n) is 12.3. The molecule has 188 valence electrons. The van der Waals surface area contributed by atoms with Gasteiger partial charge in [-0.2, -0.15) is 0 Å². The smallest absolute Gasteiger partial charge is 0.267 e. The molecule has 0 bridgehead atoms. The van der Waals surface area contributed by atoms with Crippen molar-refractivity contribution in [3.8, 4) is 11.4 Å². The molecule has 0 aliphatic heterocycles. The molecule has 0 spiro atoms. The van der Waals surface area contributed by atoms with E-state index in [0.29, 0.717) is 50.5 Å². The minimum absolute atomic E-state index is 0.223. The number of hydrogen-bond donors (Lipinski definition) is 1. The summed E-state index contributed by atoms with van der Waals surface area (Å²) in [5.74, 6) is 2.05. The summed E-state index contributed by atoms with van der Waals surface area (Å²) in [4.78, 5) is 34.9. The molecule has 0 atom stereocenters. The Morgan fingerprint density at radius 3 is 2.84 bits per heavy atom. The zero-order valence-corrected chi connectivity index (χ0v) is 21.8. The molecule has 1 aliphatic carbocycles. The van der Waals surface area contributed by atoms with Crippen molar-refractivity contribution in [3.05, 3.63) is 75.8 Å². The van der Waals surface area contributed by atoms with Crippen LogP contribution in [0.1, 0.15) is 49.4 Å². The van der Waals surface area contributed by atoms with E-state index in [4.69, 9.17) is 21.3 Å². The molecule has 1 N–H and O–H groups in total. The zero-order valence-electron chi connectivity index (χ0n) is 20.3. The Morgan fingerprint density at radius 2 is 2.00 bits per heavy atom. The number of hydrogen-bond acceptors (Lipinski definition) is 7. The van der Waals surface area contributed by atoms with Crippen molar-refractivity contribution < 1.29 is 4.74 Å². The van der Waals surface area contributed by atoms with E-state index in [-0.39, 0.29) is 5.56 Å². The number of nitrogens with zero attached hydrogens (tertiary/aromatic N) is 5. The van der Waals surface area contributed by atoms with Crippen LogP contribution in [0.15, 0.2) is 58.9 Å². The number of thioether (sulfide) groups is 1. The summed E-state index contributed by atoms with van der Waals surface area (Å²) in [6.45, 7) is 0. The van der Waals surface area contributed by atoms with Crippen LogP contribution in [0.3, 0.4) is 0 Å². The first kappa shape index (κ1) is 23.9. The summed E-state index contributed by atoms with van der Waals surface area (Å²) in [6.07, 6.45) is 9.11. The fourth-order valence-corrected chi connectivity index (χ4v) is 6.26. The molecular formula is C27H25ClN6O2S. The second-order valence-electron chi connectivity index (χ2n) is 9.14. The molecule has 3 aromatic heterocycles. The summed E-state index contributed by atoms with van der Waals surface area (Å²) in [5, 5.41) is 1.50. The molecule has 8 nitrogen and oxygen atoms in total. The SMILES string of the molecule is COc1ccc(C2CCCCC2)cc1-n1c(CSc2ncnc3nc[nH]c23)nc2cccc(Cl)c2c1=O. The standard InChI is InChI=1S/C27H25ClN6O2S/c1-36-21-11-10-17(16-6-3-2-4-7-16)12-20(21)34-22(33-19-9-5-8-18(28)23(19)27(34)35)13-37-26-24-25(30-14-29-24)31-15-32-26/h5,8-12,14-16H,2-4,6-7,13H2,1H3,(H,29,30,31,32). The van der Waals surface area contributed by atoms with Gasteiger partial charge in [-0.3, -0.25) is 9.36 Å². The summed E-state index contributed by atoms with van der Waals surface area (Å²) in [7, 11) is 1.62. The van der Waals surface area contributed by atoms with E-state index >= 15 is 0 Å². The van der Waals surface area contributed by atoms with Gasteiger partial charge >= 0.3 is 0 Å². The molecule has 5 aromatic rings. The average Bonchev–Trinajstić information content (AvgIpc) is 3.42. The maximum absolute atomic E-state index is 14.0. The van der Waals surface area contributed by atoms with Crippen molar-refractivity contribution in [2.45, 2.75) is 48.8 Å². The van der Waals surface area contributed by atoms with Gasteiger partial charge in [0.05, 0.1) is 40.8 Å². The van der Waals surface area contributed by atoms with Gasteiger partial charge in [0.25, 0.3) is 5.56 Å². The van der Waals surface area contributed by atoms with Crippen LogP contribution in [0, 0.1) is 0 Å². The molecule has 3 heterocycles. The van der Waals surface area contributed by atoms with E-state index in [1.54, 1.807) is 30.1 Å². The van der Waals surface area contributed by atoms with Gasteiger partial charge in [0.2, 0.25) is 0 Å². The van der Waals surface area contributed by atoms with Gasteiger partial charge in [0, 0.05) is 0 Å². The summed E-state index contributed by atoms with van der Waals surface area (Å²) < 4.78 is 7.39. The fourth-order valence-electron chi connectivity index (χ4n) is 5.14. The lowest BCUT2D eigenvalue weighted by Gasteiger charge is -2.24. The normalized spacial score (nSPS) is 14.4. The number of imidazole rings is 1. The van der Waals surface area contributed by atoms with Crippen LogP contribution in [-0.2, 0) is 5.75 Å². The van der Waals surface area contributed by atoms with Crippen molar-refractivity contribution in [2.75, 3.05) is 7.11 Å². The molecule has 37 heavy (non-hydrogen) atoms. The molecule has 2 aromatic carbocycles. The average molecular weight is 533 g/mol. The number of methoxy groups -OCH3 is 1. The maximum Gasteiger partial charge on any atom is 0.267 e. The summed E-state index contributed by atoms with van der Waals surface area (Å²) in [5.41, 5.74) is 3.57. The molecular weight excluding hydrogens is 508 g/mol. The van der Waals surface area contributed by atoms with Crippen molar-refractivity contribution in [2.24, 2.45) is 0 Å². The number of rotatable bonds is 6. The highest BCUT2D eigenvalue weighted by Gasteiger charge is 2.22. The minimum atomic E-state index is -0.223. The number of H-pyrrole nitrogens is 1. The van der Waals surface area contributed by atoms with Crippen LogP contribution in [-0.4, -0.2) is 36.6 Å². The molecule has 1 fully saturated rings. The maximum atomic E-state index is 14.0. The van der Waals surface area contributed by atoms with Crippen molar-refractivity contribution in [3.63, 3.8) is 0 Å². The number of aromatic nitrogens is 6. The van der Waals surface area contributed by atoms with E-state index < -0.39 is 0 Å². The molecule has 10 heteroatoms. The first-order chi connectivity index (χ1) is 18.1. The Bertz CT molecular complexity index is 1660. The zero-order chi connectivity index (χ0) is 25.4. The molecule has 0 radical (unpaired) electrons. The molecule has 0 saturated heterocycles. The molecule has 1 aliphatic rings. The van der Waals surface area contributed by atoms with Crippen LogP contribution in [0.2, 0.25) is 5.02 Å². The topological polar surface area (TPSA) is 98.6 Å². The Kier molecular flexibility index (Phi) is 6.56. The lowest BCUT2D eigenvalue weighted by Crippen LogP contribution is -2.24. The van der Waals surface area contributed by atoms with Crippen LogP contribution in [0.4, 0.5) is 0 Å². The van der Waals surface area contributed by atoms with Crippen LogP contribution in [0.5, 0.6) is 5.75 Å². The quantitative estimate of drug-likeness (QED) is 0.210. The third-order valence-corrected chi connectivity index (χ3v) is 8.26. The number of aromatic amines is 1. The van der Waals surface area contributed by atoms with Crippen molar-refractivity contribution in [1.29, 1.82) is 0 Å². The largest absolute Gasteiger partial charge is 0.495 e. The molecule has 0 amide bonds. The molecule has 0 unspecified atom stereocenters. The van der Waals surface area contributed by atoms with E-state index in [2.05, 4.69) is 32.1 Å². The van der Waals surface area contributed by atoms with E-state index in [1.165, 1.54) is 42.9 Å². The predicted molar refractivity (Wildman–Crippen MR) is 146 cm³/mol. The highest BCUT2D eigenvalue weighted by Crippen LogP contribution is 2.36. The third-order valence-electron chi connectivity index (χ3n) is 6.96. The Morgan fingerprint density at radius 1 is 1.14 bits per heavy atom. The van der Waals surface area contributed by atoms with Gasteiger partial charge < -0.3 is 9.72 Å². The van der Waals surface area contributed by atoms with E-state index in [9.17, 15) is 4.79 Å². The first-order valence-corrected chi connectivity index (χ1v) is 13.7. The number of nitrogens with one attached hydrogen (secondary N) is 1. The molecule has 6 rings (SSSR count). The number of fused-ring (bicyclic) bond motifs is 2. The number of halogens is 1. The summed E-state index contributed by atoms with van der Waals surface area (Å²) in [6, 6.07) is 11.5. The second kappa shape index (κ2) is 10.1. The minimum Gasteiger partial charge on any atom is -0.495 e. The van der Waals surface area contributed by atoms with Gasteiger partial charge in [0.1, 0.15) is 28.4 Å². The monoisotopic (exact) mass is 532 g/mol. The Balaban J connectivity index is 1.51. The predicted octanol–water partition coefficient (Wildman–Crippen LogP) is 6.05. The van der Waals surface area contributed by atoms with Crippen molar-refractivity contribution in [1.82, 2.24) is 29.5 Å². The highest BCUT2D eigenvalue weighted by atomic mass is 35.5. The van der Waals surface area contributed by atoms with Gasteiger partial charge in [-0.25, -0.2) is 19.9 Å².